The third kappa shape index (κ3) is 4.35. The van der Waals surface area contributed by atoms with Crippen LogP contribution in [-0.2, 0) is 22.6 Å². The van der Waals surface area contributed by atoms with Crippen LogP contribution >= 0.6 is 0 Å². The van der Waals surface area contributed by atoms with E-state index >= 15 is 0 Å². The van der Waals surface area contributed by atoms with Gasteiger partial charge in [0.15, 0.2) is 11.6 Å². The van der Waals surface area contributed by atoms with Crippen LogP contribution < -0.4 is 0 Å². The lowest BCUT2D eigenvalue weighted by Gasteiger charge is -2.25. The molecule has 1 saturated carbocycles. The zero-order chi connectivity index (χ0) is 18.8. The van der Waals surface area contributed by atoms with Crippen LogP contribution in [0, 0.1) is 17.6 Å². The summed E-state index contributed by atoms with van der Waals surface area (Å²) in [7, 11) is 0. The largest absolute Gasteiger partial charge is 0.376 e. The van der Waals surface area contributed by atoms with Gasteiger partial charge in [-0.05, 0) is 43.4 Å². The molecular weight excluding hydrogens is 352 g/mol. The predicted octanol–water partition coefficient (Wildman–Crippen LogP) is 3.13. The summed E-state index contributed by atoms with van der Waals surface area (Å²) >= 11 is 0. The topological polar surface area (TPSA) is 47.4 Å². The van der Waals surface area contributed by atoms with Crippen LogP contribution in [0.25, 0.3) is 0 Å². The molecule has 1 aromatic heterocycles. The summed E-state index contributed by atoms with van der Waals surface area (Å²) in [6.45, 7) is 2.10. The molecule has 0 radical (unpaired) electrons. The van der Waals surface area contributed by atoms with E-state index in [-0.39, 0.29) is 17.9 Å². The number of imidazole rings is 1. The molecule has 1 amide bonds. The normalized spacial score (nSPS) is 19.4. The van der Waals surface area contributed by atoms with E-state index in [1.54, 1.807) is 18.5 Å². The number of benzene rings is 1. The summed E-state index contributed by atoms with van der Waals surface area (Å²) in [5.74, 6) is -0.707. The second-order valence-electron chi connectivity index (χ2n) is 7.35. The van der Waals surface area contributed by atoms with Crippen molar-refractivity contribution in [3.8, 4) is 0 Å². The van der Waals surface area contributed by atoms with Gasteiger partial charge in [0.2, 0.25) is 5.91 Å². The van der Waals surface area contributed by atoms with Crippen molar-refractivity contribution in [1.29, 1.82) is 0 Å². The van der Waals surface area contributed by atoms with Crippen LogP contribution in [-0.4, -0.2) is 39.6 Å². The summed E-state index contributed by atoms with van der Waals surface area (Å²) in [6, 6.07) is 3.88. The van der Waals surface area contributed by atoms with Gasteiger partial charge in [0.1, 0.15) is 5.82 Å². The Morgan fingerprint density at radius 2 is 2.11 bits per heavy atom. The van der Waals surface area contributed by atoms with E-state index in [1.165, 1.54) is 6.07 Å². The second-order valence-corrected chi connectivity index (χ2v) is 7.35. The third-order valence-corrected chi connectivity index (χ3v) is 5.16. The maximum absolute atomic E-state index is 13.5. The number of aromatic nitrogens is 2. The third-order valence-electron chi connectivity index (χ3n) is 5.16. The van der Waals surface area contributed by atoms with E-state index < -0.39 is 11.6 Å². The molecule has 0 bridgehead atoms. The zero-order valence-corrected chi connectivity index (χ0v) is 15.1. The van der Waals surface area contributed by atoms with Crippen molar-refractivity contribution in [1.82, 2.24) is 14.5 Å². The highest BCUT2D eigenvalue weighted by Crippen LogP contribution is 2.32. The van der Waals surface area contributed by atoms with E-state index in [0.717, 1.165) is 44.2 Å². The molecule has 1 aliphatic carbocycles. The van der Waals surface area contributed by atoms with Crippen molar-refractivity contribution in [2.45, 2.75) is 44.9 Å². The zero-order valence-electron chi connectivity index (χ0n) is 15.1. The summed E-state index contributed by atoms with van der Waals surface area (Å²) in [5.41, 5.74) is 0.646. The number of rotatable bonds is 7. The van der Waals surface area contributed by atoms with Crippen LogP contribution in [0.1, 0.15) is 37.1 Å². The maximum Gasteiger partial charge on any atom is 0.226 e. The predicted molar refractivity (Wildman–Crippen MR) is 94.8 cm³/mol. The van der Waals surface area contributed by atoms with E-state index in [2.05, 4.69) is 4.98 Å². The highest BCUT2D eigenvalue weighted by Gasteiger charge is 2.35. The van der Waals surface area contributed by atoms with E-state index in [0.29, 0.717) is 25.2 Å². The lowest BCUT2D eigenvalue weighted by atomic mass is 10.2. The monoisotopic (exact) mass is 375 g/mol. The lowest BCUT2D eigenvalue weighted by Crippen LogP contribution is -2.38. The average molecular weight is 375 g/mol. The molecule has 27 heavy (non-hydrogen) atoms. The fraction of sp³-hybridized carbons (Fsp3) is 0.500. The summed E-state index contributed by atoms with van der Waals surface area (Å²) in [6.07, 6.45) is 7.44. The molecule has 7 heteroatoms. The molecule has 1 unspecified atom stereocenters. The number of carbonyl (C=O) groups is 1. The van der Waals surface area contributed by atoms with Gasteiger partial charge in [-0.3, -0.25) is 4.79 Å². The lowest BCUT2D eigenvalue weighted by molar-refractivity contribution is -0.135. The fourth-order valence-corrected chi connectivity index (χ4v) is 3.50. The molecule has 1 saturated heterocycles. The van der Waals surface area contributed by atoms with Gasteiger partial charge in [-0.2, -0.15) is 0 Å². The minimum atomic E-state index is -0.863. The molecule has 2 fully saturated rings. The van der Waals surface area contributed by atoms with Gasteiger partial charge in [0.25, 0.3) is 0 Å². The van der Waals surface area contributed by atoms with Gasteiger partial charge < -0.3 is 14.2 Å². The van der Waals surface area contributed by atoms with Gasteiger partial charge in [0.05, 0.1) is 12.6 Å². The molecule has 144 valence electrons. The quantitative estimate of drug-likeness (QED) is 0.747. The number of hydrogen-bond acceptors (Lipinski definition) is 3. The molecule has 2 aromatic rings. The van der Waals surface area contributed by atoms with Crippen LogP contribution in [0.5, 0.6) is 0 Å². The Bertz CT molecular complexity index is 813. The average Bonchev–Trinajstić information content (AvgIpc) is 3.21. The van der Waals surface area contributed by atoms with Crippen LogP contribution in [0.4, 0.5) is 8.78 Å². The molecule has 0 N–H and O–H groups in total. The molecule has 1 aromatic carbocycles. The van der Waals surface area contributed by atoms with Crippen LogP contribution in [0.2, 0.25) is 0 Å². The number of carbonyl (C=O) groups excluding carboxylic acids is 1. The van der Waals surface area contributed by atoms with Gasteiger partial charge in [-0.1, -0.05) is 6.07 Å². The van der Waals surface area contributed by atoms with Crippen LogP contribution in [0.3, 0.4) is 0 Å². The molecule has 0 spiro atoms. The van der Waals surface area contributed by atoms with Crippen LogP contribution in [0.15, 0.2) is 30.6 Å². The number of hydrogen-bond donors (Lipinski definition) is 0. The van der Waals surface area contributed by atoms with Crippen molar-refractivity contribution >= 4 is 5.91 Å². The Morgan fingerprint density at radius 3 is 2.81 bits per heavy atom. The fourth-order valence-electron chi connectivity index (χ4n) is 3.50. The first-order chi connectivity index (χ1) is 13.1. The Hall–Kier alpha value is -2.28. The molecular formula is C20H23F2N3O2. The van der Waals surface area contributed by atoms with E-state index in [4.69, 9.17) is 4.74 Å². The van der Waals surface area contributed by atoms with Gasteiger partial charge in [0, 0.05) is 38.0 Å². The summed E-state index contributed by atoms with van der Waals surface area (Å²) < 4.78 is 34.2. The molecule has 4 rings (SSSR count). The SMILES string of the molecule is O=C(C1CC1)N(Cc1nccn1Cc1ccc(F)c(F)c1)CC1CCCO1. The number of nitrogens with zero attached hydrogens (tertiary/aromatic N) is 3. The summed E-state index contributed by atoms with van der Waals surface area (Å²) in [5, 5.41) is 0. The number of halogens is 2. The first kappa shape index (κ1) is 18.1. The van der Waals surface area contributed by atoms with Gasteiger partial charge >= 0.3 is 0 Å². The molecule has 1 atom stereocenters. The molecule has 2 heterocycles. The molecule has 5 nitrogen and oxygen atoms in total. The molecule has 2 aliphatic rings. The van der Waals surface area contributed by atoms with Gasteiger partial charge in [-0.15, -0.1) is 0 Å². The standard InChI is InChI=1S/C20H23F2N3O2/c21-17-6-3-14(10-18(17)22)11-24-8-7-23-19(24)13-25(20(26)15-4-5-15)12-16-2-1-9-27-16/h3,6-8,10,15-16H,1-2,4-5,9,11-13H2. The highest BCUT2D eigenvalue weighted by atomic mass is 19.2. The Kier molecular flexibility index (Phi) is 5.20. The number of amides is 1. The first-order valence-electron chi connectivity index (χ1n) is 9.44. The Balaban J connectivity index is 1.48. The van der Waals surface area contributed by atoms with Crippen molar-refractivity contribution in [3.63, 3.8) is 0 Å². The van der Waals surface area contributed by atoms with E-state index in [1.807, 2.05) is 9.47 Å². The Morgan fingerprint density at radius 1 is 1.26 bits per heavy atom. The minimum Gasteiger partial charge on any atom is -0.376 e. The minimum absolute atomic E-state index is 0.0855. The van der Waals surface area contributed by atoms with Crippen molar-refractivity contribution in [2.75, 3.05) is 13.2 Å². The maximum atomic E-state index is 13.5. The van der Waals surface area contributed by atoms with Crippen molar-refractivity contribution in [3.05, 3.63) is 53.6 Å². The first-order valence-corrected chi connectivity index (χ1v) is 9.44. The van der Waals surface area contributed by atoms with Crippen molar-refractivity contribution in [2.24, 2.45) is 5.92 Å². The van der Waals surface area contributed by atoms with Gasteiger partial charge in [-0.25, -0.2) is 13.8 Å². The van der Waals surface area contributed by atoms with Crippen molar-refractivity contribution < 1.29 is 18.3 Å². The smallest absolute Gasteiger partial charge is 0.226 e. The van der Waals surface area contributed by atoms with E-state index in [9.17, 15) is 13.6 Å². The summed E-state index contributed by atoms with van der Waals surface area (Å²) in [4.78, 5) is 18.9. The number of ether oxygens (including phenoxy) is 1. The Labute approximate surface area is 156 Å². The highest BCUT2D eigenvalue weighted by molar-refractivity contribution is 5.81. The molecule has 1 aliphatic heterocycles. The second kappa shape index (κ2) is 7.76.